The molecule has 2 aromatic heterocycles. The Kier molecular flexibility index (Phi) is 5.29. The molecule has 2 amide bonds. The number of rotatable bonds is 4. The second-order valence-corrected chi connectivity index (χ2v) is 6.33. The van der Waals surface area contributed by atoms with E-state index in [0.717, 1.165) is 5.56 Å². The van der Waals surface area contributed by atoms with E-state index in [1.807, 2.05) is 13.0 Å². The molecule has 0 aliphatic carbocycles. The molecule has 0 saturated carbocycles. The first kappa shape index (κ1) is 18.0. The van der Waals surface area contributed by atoms with E-state index in [1.54, 1.807) is 12.3 Å². The van der Waals surface area contributed by atoms with Gasteiger partial charge in [-0.15, -0.1) is 0 Å². The molecule has 9 heteroatoms. The topological polar surface area (TPSA) is 120 Å². The summed E-state index contributed by atoms with van der Waals surface area (Å²) in [6.45, 7) is 2.44. The first-order valence-electron chi connectivity index (χ1n) is 8.27. The zero-order valence-electron chi connectivity index (χ0n) is 14.4. The van der Waals surface area contributed by atoms with E-state index in [-0.39, 0.29) is 25.6 Å². The summed E-state index contributed by atoms with van der Waals surface area (Å²) >= 11 is 0. The van der Waals surface area contributed by atoms with Gasteiger partial charge in [-0.2, -0.15) is 5.10 Å². The van der Waals surface area contributed by atoms with E-state index in [2.05, 4.69) is 20.5 Å². The standard InChI is InChI=1S/C17H21N5O4/c1-12-3-2-5-18-14(12)16(24)22-7-8-26-11-17(25,10-22)9-19-15(23)13-4-6-20-21-13/h2-6,25H,7-11H2,1H3,(H,19,23)(H,20,21)/t17-/m1/s1. The number of aromatic nitrogens is 3. The number of aromatic amines is 1. The molecule has 3 N–H and O–H groups in total. The fourth-order valence-corrected chi connectivity index (χ4v) is 2.78. The fraction of sp³-hybridized carbons (Fsp3) is 0.412. The minimum atomic E-state index is -1.40. The minimum absolute atomic E-state index is 0.0151. The van der Waals surface area contributed by atoms with Crippen molar-refractivity contribution < 1.29 is 19.4 Å². The Morgan fingerprint density at radius 2 is 2.27 bits per heavy atom. The van der Waals surface area contributed by atoms with Gasteiger partial charge in [0.15, 0.2) is 0 Å². The maximum atomic E-state index is 12.8. The summed E-state index contributed by atoms with van der Waals surface area (Å²) in [6, 6.07) is 5.10. The minimum Gasteiger partial charge on any atom is -0.384 e. The third-order valence-electron chi connectivity index (χ3n) is 4.18. The molecule has 2 aromatic rings. The molecule has 1 fully saturated rings. The summed E-state index contributed by atoms with van der Waals surface area (Å²) in [5.41, 5.74) is 0.00188. The number of hydrogen-bond donors (Lipinski definition) is 3. The van der Waals surface area contributed by atoms with Crippen LogP contribution in [0.25, 0.3) is 0 Å². The van der Waals surface area contributed by atoms with Gasteiger partial charge < -0.3 is 20.1 Å². The first-order valence-corrected chi connectivity index (χ1v) is 8.27. The number of nitrogens with one attached hydrogen (secondary N) is 2. The zero-order valence-corrected chi connectivity index (χ0v) is 14.4. The maximum Gasteiger partial charge on any atom is 0.272 e. The number of H-pyrrole nitrogens is 1. The van der Waals surface area contributed by atoms with Crippen molar-refractivity contribution in [2.45, 2.75) is 12.5 Å². The Balaban J connectivity index is 1.69. The lowest BCUT2D eigenvalue weighted by Gasteiger charge is -2.30. The highest BCUT2D eigenvalue weighted by molar-refractivity contribution is 5.94. The predicted molar refractivity (Wildman–Crippen MR) is 91.6 cm³/mol. The van der Waals surface area contributed by atoms with Gasteiger partial charge in [-0.1, -0.05) is 6.07 Å². The summed E-state index contributed by atoms with van der Waals surface area (Å²) in [7, 11) is 0. The van der Waals surface area contributed by atoms with Crippen molar-refractivity contribution in [1.82, 2.24) is 25.4 Å². The first-order chi connectivity index (χ1) is 12.5. The largest absolute Gasteiger partial charge is 0.384 e. The van der Waals surface area contributed by atoms with Crippen LogP contribution in [0, 0.1) is 6.92 Å². The number of β-amino-alcohol motifs (C(OH)–C–C–N with tert-alkyl or cyclic N) is 1. The van der Waals surface area contributed by atoms with Crippen LogP contribution in [0.1, 0.15) is 26.5 Å². The van der Waals surface area contributed by atoms with E-state index in [1.165, 1.54) is 17.2 Å². The Bertz CT molecular complexity index is 779. The van der Waals surface area contributed by atoms with Crippen LogP contribution in [0.3, 0.4) is 0 Å². The Morgan fingerprint density at radius 1 is 1.42 bits per heavy atom. The van der Waals surface area contributed by atoms with E-state index in [9.17, 15) is 14.7 Å². The number of carbonyl (C=O) groups is 2. The molecule has 3 heterocycles. The third kappa shape index (κ3) is 4.06. The van der Waals surface area contributed by atoms with Crippen molar-refractivity contribution in [3.63, 3.8) is 0 Å². The molecule has 0 bridgehead atoms. The number of aryl methyl sites for hydroxylation is 1. The average Bonchev–Trinajstić information content (AvgIpc) is 3.10. The normalized spacial score (nSPS) is 20.5. The second-order valence-electron chi connectivity index (χ2n) is 6.33. The van der Waals surface area contributed by atoms with Crippen molar-refractivity contribution in [3.05, 3.63) is 47.5 Å². The van der Waals surface area contributed by atoms with Crippen LogP contribution in [-0.2, 0) is 4.74 Å². The van der Waals surface area contributed by atoms with Gasteiger partial charge in [0, 0.05) is 18.9 Å². The molecule has 26 heavy (non-hydrogen) atoms. The molecular weight excluding hydrogens is 338 g/mol. The van der Waals surface area contributed by atoms with Crippen molar-refractivity contribution in [2.24, 2.45) is 0 Å². The van der Waals surface area contributed by atoms with Crippen molar-refractivity contribution in [2.75, 3.05) is 32.8 Å². The smallest absolute Gasteiger partial charge is 0.272 e. The summed E-state index contributed by atoms with van der Waals surface area (Å²) in [6.07, 6.45) is 3.03. The quantitative estimate of drug-likeness (QED) is 0.692. The summed E-state index contributed by atoms with van der Waals surface area (Å²) in [4.78, 5) is 30.5. The maximum absolute atomic E-state index is 12.8. The number of hydrogen-bond acceptors (Lipinski definition) is 6. The monoisotopic (exact) mass is 359 g/mol. The van der Waals surface area contributed by atoms with Gasteiger partial charge in [-0.3, -0.25) is 19.7 Å². The lowest BCUT2D eigenvalue weighted by atomic mass is 10.0. The van der Waals surface area contributed by atoms with Crippen LogP contribution in [0.15, 0.2) is 30.6 Å². The lowest BCUT2D eigenvalue weighted by Crippen LogP contribution is -2.53. The molecule has 1 aliphatic rings. The predicted octanol–water partition coefficient (Wildman–Crippen LogP) is -0.253. The highest BCUT2D eigenvalue weighted by Crippen LogP contribution is 2.15. The molecule has 0 aromatic carbocycles. The lowest BCUT2D eigenvalue weighted by molar-refractivity contribution is -0.0324. The Labute approximate surface area is 150 Å². The van der Waals surface area contributed by atoms with Gasteiger partial charge in [0.1, 0.15) is 17.0 Å². The number of ether oxygens (including phenoxy) is 1. The summed E-state index contributed by atoms with van der Waals surface area (Å²) in [5.74, 6) is -0.662. The zero-order chi connectivity index (χ0) is 18.6. The van der Waals surface area contributed by atoms with E-state index >= 15 is 0 Å². The van der Waals surface area contributed by atoms with E-state index in [4.69, 9.17) is 4.74 Å². The van der Waals surface area contributed by atoms with E-state index < -0.39 is 11.5 Å². The van der Waals surface area contributed by atoms with Gasteiger partial charge in [-0.05, 0) is 24.6 Å². The fourth-order valence-electron chi connectivity index (χ4n) is 2.78. The van der Waals surface area contributed by atoms with E-state index in [0.29, 0.717) is 24.5 Å². The van der Waals surface area contributed by atoms with Crippen LogP contribution in [0.2, 0.25) is 0 Å². The van der Waals surface area contributed by atoms with Crippen molar-refractivity contribution >= 4 is 11.8 Å². The Morgan fingerprint density at radius 3 is 3.00 bits per heavy atom. The SMILES string of the molecule is Cc1cccnc1C(=O)N1CCOC[C@@](O)(CNC(=O)c2ccn[nH]2)C1. The van der Waals surface area contributed by atoms with Gasteiger partial charge in [-0.25, -0.2) is 0 Å². The number of carbonyl (C=O) groups excluding carboxylic acids is 2. The summed E-state index contributed by atoms with van der Waals surface area (Å²) < 4.78 is 5.44. The van der Waals surface area contributed by atoms with Crippen LogP contribution in [-0.4, -0.2) is 75.5 Å². The van der Waals surface area contributed by atoms with Gasteiger partial charge in [0.2, 0.25) is 0 Å². The third-order valence-corrected chi connectivity index (χ3v) is 4.18. The molecule has 1 aliphatic heterocycles. The van der Waals surface area contributed by atoms with Crippen LogP contribution < -0.4 is 5.32 Å². The Hall–Kier alpha value is -2.78. The average molecular weight is 359 g/mol. The number of amides is 2. The van der Waals surface area contributed by atoms with Crippen LogP contribution in [0.5, 0.6) is 0 Å². The van der Waals surface area contributed by atoms with Crippen molar-refractivity contribution in [3.8, 4) is 0 Å². The van der Waals surface area contributed by atoms with Gasteiger partial charge >= 0.3 is 0 Å². The molecule has 9 nitrogen and oxygen atoms in total. The van der Waals surface area contributed by atoms with Crippen molar-refractivity contribution in [1.29, 1.82) is 0 Å². The molecular formula is C17H21N5O4. The molecule has 1 saturated heterocycles. The van der Waals surface area contributed by atoms with Gasteiger partial charge in [0.05, 0.1) is 26.3 Å². The molecule has 0 radical (unpaired) electrons. The number of pyridine rings is 1. The molecule has 138 valence electrons. The van der Waals surface area contributed by atoms with Crippen LogP contribution >= 0.6 is 0 Å². The highest BCUT2D eigenvalue weighted by Gasteiger charge is 2.35. The highest BCUT2D eigenvalue weighted by atomic mass is 16.5. The van der Waals surface area contributed by atoms with Gasteiger partial charge in [0.25, 0.3) is 11.8 Å². The molecule has 0 spiro atoms. The molecule has 0 unspecified atom stereocenters. The summed E-state index contributed by atoms with van der Waals surface area (Å²) in [5, 5.41) is 19.8. The second kappa shape index (κ2) is 7.63. The molecule has 1 atom stereocenters. The van der Waals surface area contributed by atoms with Crippen LogP contribution in [0.4, 0.5) is 0 Å². The number of aliphatic hydroxyl groups is 1. The molecule has 3 rings (SSSR count). The number of nitrogens with zero attached hydrogens (tertiary/aromatic N) is 3.